The minimum atomic E-state index is 1.05. The third kappa shape index (κ3) is 3.40. The van der Waals surface area contributed by atoms with Gasteiger partial charge in [-0.1, -0.05) is 24.3 Å². The van der Waals surface area contributed by atoms with Crippen LogP contribution in [0, 0.1) is 20.8 Å². The fourth-order valence-electron chi connectivity index (χ4n) is 21.2. The van der Waals surface area contributed by atoms with E-state index in [1.807, 2.05) is 0 Å². The Bertz CT molecular complexity index is 8190. The smallest absolute Gasteiger partial charge is 0.0794 e. The van der Waals surface area contributed by atoms with Crippen molar-refractivity contribution in [1.29, 1.82) is 0 Å². The summed E-state index contributed by atoms with van der Waals surface area (Å²) in [6, 6.07) is 14.8. The summed E-state index contributed by atoms with van der Waals surface area (Å²) in [6.45, 7) is 6.84. The van der Waals surface area contributed by atoms with E-state index in [1.165, 1.54) is 227 Å². The van der Waals surface area contributed by atoms with Gasteiger partial charge in [-0.25, -0.2) is 0 Å². The molecule has 0 N–H and O–H groups in total. The van der Waals surface area contributed by atoms with Gasteiger partial charge in [0.25, 0.3) is 0 Å². The van der Waals surface area contributed by atoms with Crippen LogP contribution in [0.5, 0.6) is 0 Å². The SMILES string of the molecule is Cc1ncc2c3cncc4c5cncc6c7cnc8c9cc%10c%11ccc(C)c%12c%13cncc%14c%15cncc%16c%17cncc%18c%19cnc%20c%21cc%22c%23ccc(C)c%24c1c2c1c(c43)c(c56)c2c7c8c(c%21c9c3c%10c4c(c%11%12)c(c%14%13)c(c%15%16)c(c%17%18)c4c%19c%203)c%22c2c1c%23%24. The molecule has 0 aliphatic rings. The second kappa shape index (κ2) is 11.6. The van der Waals surface area contributed by atoms with Crippen molar-refractivity contribution < 1.29 is 0 Å². The lowest BCUT2D eigenvalue weighted by Gasteiger charge is -2.32. The van der Waals surface area contributed by atoms with Gasteiger partial charge in [0.2, 0.25) is 0 Å². The Labute approximate surface area is 482 Å². The van der Waals surface area contributed by atoms with Gasteiger partial charge in [0.1, 0.15) is 0 Å². The Kier molecular flexibility index (Phi) is 5.31. The molecular formula is C79H28N8. The molecule has 8 nitrogen and oxygen atoms in total. The third-order valence-corrected chi connectivity index (χ3v) is 23.7. The normalized spacial score (nSPS) is 14.4. The lowest BCUT2D eigenvalue weighted by atomic mass is 9.71. The fourth-order valence-corrected chi connectivity index (χ4v) is 21.2. The number of nitrogens with zero attached hydrogens (tertiary/aromatic N) is 8. The number of aryl methyl sites for hydroxylation is 3. The average Bonchev–Trinajstić information content (AvgIpc) is 0.662. The highest BCUT2D eigenvalue weighted by Crippen LogP contribution is 2.67. The van der Waals surface area contributed by atoms with Crippen LogP contribution in [0.4, 0.5) is 0 Å². The van der Waals surface area contributed by atoms with Crippen molar-refractivity contribution in [2.45, 2.75) is 20.8 Å². The fraction of sp³-hybridized carbons (Fsp3) is 0.0380. The molecule has 0 unspecified atom stereocenters. The van der Waals surface area contributed by atoms with Gasteiger partial charge in [-0.15, -0.1) is 0 Å². The van der Waals surface area contributed by atoms with Gasteiger partial charge >= 0.3 is 0 Å². The third-order valence-electron chi connectivity index (χ3n) is 23.7. The van der Waals surface area contributed by atoms with Crippen LogP contribution in [-0.4, -0.2) is 39.9 Å². The summed E-state index contributed by atoms with van der Waals surface area (Å²) < 4.78 is 0. The monoisotopic (exact) mass is 1090 g/mol. The Morgan fingerprint density at radius 1 is 0.172 bits per heavy atom. The van der Waals surface area contributed by atoms with Crippen LogP contribution >= 0.6 is 0 Å². The summed E-state index contributed by atoms with van der Waals surface area (Å²) in [5.41, 5.74) is 5.66. The Hall–Kier alpha value is -11.5. The van der Waals surface area contributed by atoms with Crippen molar-refractivity contribution in [1.82, 2.24) is 39.9 Å². The zero-order chi connectivity index (χ0) is 55.0. The first kappa shape index (κ1) is 39.9. The zero-order valence-corrected chi connectivity index (χ0v) is 46.0. The molecule has 0 fully saturated rings. The first-order chi connectivity index (χ1) is 43.0. The highest BCUT2D eigenvalue weighted by atomic mass is 14.7. The van der Waals surface area contributed by atoms with Gasteiger partial charge in [0, 0.05) is 291 Å². The van der Waals surface area contributed by atoms with Crippen LogP contribution in [-0.2, 0) is 0 Å². The van der Waals surface area contributed by atoms with Gasteiger partial charge in [-0.05, 0) is 119 Å². The van der Waals surface area contributed by atoms with Crippen LogP contribution < -0.4 is 0 Å². The van der Waals surface area contributed by atoms with E-state index in [0.29, 0.717) is 0 Å². The number of benzene rings is 20. The van der Waals surface area contributed by atoms with Crippen molar-refractivity contribution in [3.05, 3.63) is 134 Å². The Morgan fingerprint density at radius 3 is 0.839 bits per heavy atom. The molecule has 28 aromatic rings. The molecule has 384 valence electrons. The number of hydrogen-bond donors (Lipinski definition) is 0. The lowest BCUT2D eigenvalue weighted by molar-refractivity contribution is 1.25. The van der Waals surface area contributed by atoms with Crippen LogP contribution in [0.15, 0.2) is 117 Å². The lowest BCUT2D eigenvalue weighted by Crippen LogP contribution is -2.05. The van der Waals surface area contributed by atoms with Crippen molar-refractivity contribution in [2.24, 2.45) is 0 Å². The van der Waals surface area contributed by atoms with Crippen LogP contribution in [0.1, 0.15) is 16.8 Å². The van der Waals surface area contributed by atoms with Crippen molar-refractivity contribution in [3.63, 3.8) is 0 Å². The largest absolute Gasteiger partial charge is 0.263 e. The van der Waals surface area contributed by atoms with Crippen molar-refractivity contribution in [3.8, 4) is 0 Å². The summed E-state index contributed by atoms with van der Waals surface area (Å²) in [4.78, 5) is 42.7. The summed E-state index contributed by atoms with van der Waals surface area (Å²) in [5.74, 6) is 0. The minimum Gasteiger partial charge on any atom is -0.263 e. The average molecular weight is 1090 g/mol. The molecule has 0 amide bonds. The Morgan fingerprint density at radius 2 is 0.437 bits per heavy atom. The molecule has 8 aromatic heterocycles. The molecule has 0 radical (unpaired) electrons. The van der Waals surface area contributed by atoms with E-state index in [1.54, 1.807) is 0 Å². The number of aromatic nitrogens is 8. The van der Waals surface area contributed by atoms with E-state index in [2.05, 4.69) is 138 Å². The molecule has 0 aliphatic heterocycles. The molecular weight excluding hydrogens is 1060 g/mol. The van der Waals surface area contributed by atoms with Crippen LogP contribution in [0.2, 0.25) is 0 Å². The molecule has 20 aromatic carbocycles. The molecule has 8 heteroatoms. The van der Waals surface area contributed by atoms with E-state index in [4.69, 9.17) is 39.9 Å². The molecule has 0 bridgehead atoms. The van der Waals surface area contributed by atoms with E-state index in [0.717, 1.165) is 81.4 Å². The summed E-state index contributed by atoms with van der Waals surface area (Å²) in [6.07, 6.45) is 27.7. The topological polar surface area (TPSA) is 103 Å². The second-order valence-electron chi connectivity index (χ2n) is 26.6. The first-order valence-electron chi connectivity index (χ1n) is 30.3. The first-order valence-corrected chi connectivity index (χ1v) is 30.3. The molecule has 0 spiro atoms. The second-order valence-corrected chi connectivity index (χ2v) is 26.6. The van der Waals surface area contributed by atoms with Gasteiger partial charge in [0.05, 0.1) is 11.0 Å². The van der Waals surface area contributed by atoms with Crippen LogP contribution in [0.25, 0.3) is 291 Å². The molecule has 0 saturated carbocycles. The number of fused-ring (bicyclic) bond motifs is 12. The molecule has 8 heterocycles. The predicted octanol–water partition coefficient (Wildman–Crippen LogP) is 20.5. The number of rotatable bonds is 0. The molecule has 0 atom stereocenters. The van der Waals surface area contributed by atoms with E-state index >= 15 is 0 Å². The number of hydrogen-bond acceptors (Lipinski definition) is 8. The van der Waals surface area contributed by atoms with Crippen molar-refractivity contribution in [2.75, 3.05) is 0 Å². The van der Waals surface area contributed by atoms with Gasteiger partial charge in [-0.3, -0.25) is 39.9 Å². The summed E-state index contributed by atoms with van der Waals surface area (Å²) in [5, 5.41) is 65.3. The van der Waals surface area contributed by atoms with E-state index < -0.39 is 0 Å². The standard InChI is InChI=1S/C79H28N8/c1-23-4-6-26-28-8-30-57-58-31(79-76-60-42(21-87-79)39-17-82-11-33-32-10-80-14-36-37-15-84-19-44-45(23)53(26)69-66(52(37)44)62(48(32)36)63(50(33)39)74(60)71(69)55(28)67(57)76)9-29-27-7-5-24(2)46-47-25(3)85-20-41-38-16-81-12-34-35-13-83-18-40-43-22-86-78(30)77-61(43)75-65(51(35)40)64(49(34)38)73(59(41)47)70(54(27)46)72(75)56(29)68(58)77/h4-22H,1-3H3. The zero-order valence-electron chi connectivity index (χ0n) is 46.0. The maximum Gasteiger partial charge on any atom is 0.0794 e. The summed E-state index contributed by atoms with van der Waals surface area (Å²) >= 11 is 0. The van der Waals surface area contributed by atoms with Gasteiger partial charge in [0.15, 0.2) is 0 Å². The van der Waals surface area contributed by atoms with E-state index in [9.17, 15) is 0 Å². The van der Waals surface area contributed by atoms with Crippen LogP contribution in [0.3, 0.4) is 0 Å². The maximum atomic E-state index is 5.94. The van der Waals surface area contributed by atoms with Gasteiger partial charge in [-0.2, -0.15) is 0 Å². The molecule has 28 rings (SSSR count). The maximum absolute atomic E-state index is 5.94. The quantitative estimate of drug-likeness (QED) is 0.109. The highest BCUT2D eigenvalue weighted by molar-refractivity contribution is 6.68. The summed E-state index contributed by atoms with van der Waals surface area (Å²) in [7, 11) is 0. The molecule has 87 heavy (non-hydrogen) atoms. The molecule has 0 aliphatic carbocycles. The van der Waals surface area contributed by atoms with E-state index in [-0.39, 0.29) is 0 Å². The molecule has 0 saturated heterocycles. The highest BCUT2D eigenvalue weighted by Gasteiger charge is 2.39. The minimum absolute atomic E-state index is 1.05. The van der Waals surface area contributed by atoms with Gasteiger partial charge < -0.3 is 0 Å². The predicted molar refractivity (Wildman–Crippen MR) is 363 cm³/mol. The number of pyridine rings is 8. The van der Waals surface area contributed by atoms with Crippen molar-refractivity contribution >= 4 is 291 Å². The Balaban J connectivity index is 1.02.